The van der Waals surface area contributed by atoms with Crippen LogP contribution in [0.3, 0.4) is 0 Å². The Morgan fingerprint density at radius 1 is 0.333 bits per heavy atom. The molecule has 12 rings (SSSR count). The van der Waals surface area contributed by atoms with Crippen LogP contribution in [0.25, 0.3) is 92.2 Å². The third-order valence-electron chi connectivity index (χ3n) is 12.4. The van der Waals surface area contributed by atoms with E-state index in [1.54, 1.807) is 0 Å². The number of nitrogens with zero attached hydrogens (tertiary/aromatic N) is 2. The van der Waals surface area contributed by atoms with Gasteiger partial charge in [-0.1, -0.05) is 188 Å². The van der Waals surface area contributed by atoms with E-state index in [9.17, 15) is 0 Å². The maximum Gasteiger partial charge on any atom is 0.0562 e. The molecule has 2 aromatic heterocycles. The molecule has 0 saturated heterocycles. The van der Waals surface area contributed by atoms with E-state index in [-0.39, 0.29) is 0 Å². The minimum atomic E-state index is 1.08. The molecule has 0 fully saturated rings. The van der Waals surface area contributed by atoms with Crippen LogP contribution >= 0.6 is 11.3 Å². The quantitative estimate of drug-likeness (QED) is 0.148. The van der Waals surface area contributed by atoms with Gasteiger partial charge in [0.1, 0.15) is 0 Å². The third kappa shape index (κ3) is 6.24. The van der Waals surface area contributed by atoms with Gasteiger partial charge in [-0.3, -0.25) is 0 Å². The summed E-state index contributed by atoms with van der Waals surface area (Å²) in [6.45, 7) is 0. The van der Waals surface area contributed by atoms with Crippen molar-refractivity contribution in [2.45, 2.75) is 0 Å². The van der Waals surface area contributed by atoms with Crippen LogP contribution in [0.1, 0.15) is 0 Å². The van der Waals surface area contributed by atoms with Crippen LogP contribution in [-0.4, -0.2) is 4.57 Å². The molecular weight excluding hydrogens is 781 g/mol. The maximum atomic E-state index is 2.51. The predicted octanol–water partition coefficient (Wildman–Crippen LogP) is 17.3. The van der Waals surface area contributed by atoms with E-state index in [1.807, 2.05) is 11.3 Å². The summed E-state index contributed by atoms with van der Waals surface area (Å²) in [7, 11) is 0. The van der Waals surface area contributed by atoms with Crippen molar-refractivity contribution in [1.29, 1.82) is 0 Å². The lowest BCUT2D eigenvalue weighted by Gasteiger charge is -2.30. The third-order valence-corrected chi connectivity index (χ3v) is 13.6. The number of thiophene rings is 1. The molecule has 0 saturated carbocycles. The van der Waals surface area contributed by atoms with E-state index in [0.29, 0.717) is 0 Å². The van der Waals surface area contributed by atoms with Crippen LogP contribution in [0.15, 0.2) is 243 Å². The molecule has 63 heavy (non-hydrogen) atoms. The molecule has 0 atom stereocenters. The second-order valence-electron chi connectivity index (χ2n) is 16.0. The summed E-state index contributed by atoms with van der Waals surface area (Å²) in [5.74, 6) is 0. The number of para-hydroxylation sites is 2. The van der Waals surface area contributed by atoms with Crippen LogP contribution in [0.4, 0.5) is 17.1 Å². The Morgan fingerprint density at radius 3 is 1.63 bits per heavy atom. The molecule has 3 heteroatoms. The minimum absolute atomic E-state index is 1.08. The van der Waals surface area contributed by atoms with Gasteiger partial charge in [-0.2, -0.15) is 0 Å². The standard InChI is InChI=1S/C60H40N2S/c1-4-19-41(20-5-1)46-25-10-11-27-50(46)58-47(42-21-6-2-7-22-42)29-17-33-54(58)62(45-39-37-43(38-40-45)48-30-16-31-51-49-26-13-15-36-57(49)63-60(48)51)56-35-18-34-55-59(56)52-28-12-14-32-53(52)61(55)44-23-8-3-9-24-44/h1-40H. The fourth-order valence-corrected chi connectivity index (χ4v) is 10.9. The van der Waals surface area contributed by atoms with Gasteiger partial charge in [0.25, 0.3) is 0 Å². The Morgan fingerprint density at radius 2 is 0.857 bits per heavy atom. The van der Waals surface area contributed by atoms with Crippen molar-refractivity contribution in [2.24, 2.45) is 0 Å². The molecule has 0 bridgehead atoms. The van der Waals surface area contributed by atoms with E-state index in [4.69, 9.17) is 0 Å². The highest BCUT2D eigenvalue weighted by atomic mass is 32.1. The van der Waals surface area contributed by atoms with Gasteiger partial charge in [-0.15, -0.1) is 11.3 Å². The summed E-state index contributed by atoms with van der Waals surface area (Å²) in [5, 5.41) is 5.02. The molecule has 2 nitrogen and oxygen atoms in total. The first-order chi connectivity index (χ1) is 31.3. The Kier molecular flexibility index (Phi) is 9.06. The zero-order valence-corrected chi connectivity index (χ0v) is 35.2. The fourth-order valence-electron chi connectivity index (χ4n) is 9.65. The first-order valence-corrected chi connectivity index (χ1v) is 22.3. The number of anilines is 3. The van der Waals surface area contributed by atoms with E-state index in [0.717, 1.165) is 28.3 Å². The van der Waals surface area contributed by atoms with Crippen LogP contribution in [0, 0.1) is 0 Å². The normalized spacial score (nSPS) is 11.5. The minimum Gasteiger partial charge on any atom is -0.309 e. The van der Waals surface area contributed by atoms with Gasteiger partial charge < -0.3 is 9.47 Å². The summed E-state index contributed by atoms with van der Waals surface area (Å²) in [6, 6.07) is 88.5. The number of rotatable bonds is 8. The highest BCUT2D eigenvalue weighted by Gasteiger charge is 2.26. The van der Waals surface area contributed by atoms with E-state index in [1.165, 1.54) is 81.0 Å². The summed E-state index contributed by atoms with van der Waals surface area (Å²) in [6.07, 6.45) is 0. The van der Waals surface area contributed by atoms with E-state index >= 15 is 0 Å². The maximum absolute atomic E-state index is 2.51. The van der Waals surface area contributed by atoms with Gasteiger partial charge in [0, 0.05) is 47.9 Å². The molecule has 0 spiro atoms. The number of fused-ring (bicyclic) bond motifs is 6. The summed E-state index contributed by atoms with van der Waals surface area (Å²) < 4.78 is 5.04. The van der Waals surface area contributed by atoms with Crippen molar-refractivity contribution in [3.8, 4) is 50.2 Å². The number of aromatic nitrogens is 1. The lowest BCUT2D eigenvalue weighted by atomic mass is 9.87. The van der Waals surface area contributed by atoms with Gasteiger partial charge in [0.2, 0.25) is 0 Å². The summed E-state index contributed by atoms with van der Waals surface area (Å²) in [5.41, 5.74) is 16.3. The summed E-state index contributed by atoms with van der Waals surface area (Å²) in [4.78, 5) is 2.51. The number of hydrogen-bond acceptors (Lipinski definition) is 2. The molecule has 296 valence electrons. The smallest absolute Gasteiger partial charge is 0.0562 e. The Balaban J connectivity index is 1.16. The zero-order chi connectivity index (χ0) is 41.7. The molecular formula is C60H40N2S. The molecule has 0 aliphatic carbocycles. The summed E-state index contributed by atoms with van der Waals surface area (Å²) >= 11 is 1.88. The van der Waals surface area contributed by atoms with Gasteiger partial charge in [-0.05, 0) is 93.5 Å². The Labute approximate surface area is 370 Å². The SMILES string of the molecule is c1ccc(-c2ccccc2-c2c(-c3ccccc3)cccc2N(c2ccc(-c3cccc4c3sc3ccccc34)cc2)c2cccc3c2c2ccccc2n3-c2ccccc2)cc1. The number of hydrogen-bond donors (Lipinski definition) is 0. The van der Waals surface area contributed by atoms with E-state index < -0.39 is 0 Å². The van der Waals surface area contributed by atoms with Crippen molar-refractivity contribution in [3.63, 3.8) is 0 Å². The molecule has 0 amide bonds. The van der Waals surface area contributed by atoms with Crippen molar-refractivity contribution < 1.29 is 0 Å². The van der Waals surface area contributed by atoms with Gasteiger partial charge >= 0.3 is 0 Å². The van der Waals surface area contributed by atoms with Crippen molar-refractivity contribution >= 4 is 70.4 Å². The molecule has 0 radical (unpaired) electrons. The topological polar surface area (TPSA) is 8.17 Å². The molecule has 0 aliphatic rings. The Bertz CT molecular complexity index is 3600. The molecule has 12 aromatic rings. The first kappa shape index (κ1) is 36.8. The second-order valence-corrected chi connectivity index (χ2v) is 17.1. The largest absolute Gasteiger partial charge is 0.309 e. The van der Waals surface area contributed by atoms with Crippen LogP contribution in [0.5, 0.6) is 0 Å². The average molecular weight is 821 g/mol. The van der Waals surface area contributed by atoms with E-state index in [2.05, 4.69) is 252 Å². The average Bonchev–Trinajstić information content (AvgIpc) is 3.92. The molecule has 2 heterocycles. The monoisotopic (exact) mass is 820 g/mol. The van der Waals surface area contributed by atoms with Crippen molar-refractivity contribution in [3.05, 3.63) is 243 Å². The van der Waals surface area contributed by atoms with Crippen LogP contribution < -0.4 is 4.90 Å². The second kappa shape index (κ2) is 15.5. The number of benzene rings is 10. The molecule has 0 unspecified atom stereocenters. The zero-order valence-electron chi connectivity index (χ0n) is 34.4. The molecule has 10 aromatic carbocycles. The van der Waals surface area contributed by atoms with Gasteiger partial charge in [-0.25, -0.2) is 0 Å². The van der Waals surface area contributed by atoms with Crippen LogP contribution in [-0.2, 0) is 0 Å². The molecule has 0 N–H and O–H groups in total. The lowest BCUT2D eigenvalue weighted by molar-refractivity contribution is 1.18. The van der Waals surface area contributed by atoms with Crippen LogP contribution in [0.2, 0.25) is 0 Å². The first-order valence-electron chi connectivity index (χ1n) is 21.5. The highest BCUT2D eigenvalue weighted by molar-refractivity contribution is 7.26. The van der Waals surface area contributed by atoms with Crippen molar-refractivity contribution in [2.75, 3.05) is 4.90 Å². The Hall–Kier alpha value is -7.98. The predicted molar refractivity (Wildman–Crippen MR) is 270 cm³/mol. The fraction of sp³-hybridized carbons (Fsp3) is 0. The molecule has 0 aliphatic heterocycles. The lowest BCUT2D eigenvalue weighted by Crippen LogP contribution is -2.12. The van der Waals surface area contributed by atoms with Gasteiger partial charge in [0.05, 0.1) is 22.4 Å². The highest BCUT2D eigenvalue weighted by Crippen LogP contribution is 2.51. The van der Waals surface area contributed by atoms with Crippen molar-refractivity contribution in [1.82, 2.24) is 4.57 Å². The van der Waals surface area contributed by atoms with Gasteiger partial charge in [0.15, 0.2) is 0 Å².